The van der Waals surface area contributed by atoms with Gasteiger partial charge >= 0.3 is 0 Å². The van der Waals surface area contributed by atoms with E-state index < -0.39 is 0 Å². The quantitative estimate of drug-likeness (QED) is 0.902. The molecule has 1 N–H and O–H groups in total. The van der Waals surface area contributed by atoms with Gasteiger partial charge in [0.05, 0.1) is 0 Å². The van der Waals surface area contributed by atoms with Crippen LogP contribution in [0.3, 0.4) is 0 Å². The lowest BCUT2D eigenvalue weighted by Crippen LogP contribution is -2.36. The van der Waals surface area contributed by atoms with E-state index in [0.29, 0.717) is 0 Å². The Labute approximate surface area is 125 Å². The number of rotatable bonds is 5. The average molecular weight is 288 g/mol. The summed E-state index contributed by atoms with van der Waals surface area (Å²) in [4.78, 5) is 2.62. The third-order valence-electron chi connectivity index (χ3n) is 4.35. The number of nitrogens with zero attached hydrogens (tertiary/aromatic N) is 1. The monoisotopic (exact) mass is 288 g/mol. The van der Waals surface area contributed by atoms with Crippen LogP contribution in [0.1, 0.15) is 25.3 Å². The number of likely N-dealkylation sites (tertiary alicyclic amines) is 1. The summed E-state index contributed by atoms with van der Waals surface area (Å²) in [5.74, 6) is 0.880. The molecule has 3 rings (SSSR count). The van der Waals surface area contributed by atoms with Crippen molar-refractivity contribution in [2.24, 2.45) is 5.92 Å². The summed E-state index contributed by atoms with van der Waals surface area (Å²) in [6.45, 7) is 8.11. The number of nitrogens with one attached hydrogen (secondary N) is 1. The van der Waals surface area contributed by atoms with E-state index in [-0.39, 0.29) is 0 Å². The minimum atomic E-state index is 0.880. The maximum absolute atomic E-state index is 3.49. The minimum absolute atomic E-state index is 0.880. The molecule has 2 aromatic rings. The number of hydrogen-bond donors (Lipinski definition) is 1. The molecule has 2 heterocycles. The summed E-state index contributed by atoms with van der Waals surface area (Å²) in [5.41, 5.74) is 1.51. The summed E-state index contributed by atoms with van der Waals surface area (Å²) < 4.78 is 1.42. The van der Waals surface area contributed by atoms with Gasteiger partial charge in [-0.3, -0.25) is 4.90 Å². The van der Waals surface area contributed by atoms with E-state index in [1.807, 2.05) is 11.3 Å². The highest BCUT2D eigenvalue weighted by molar-refractivity contribution is 7.17. The van der Waals surface area contributed by atoms with Crippen LogP contribution in [0.25, 0.3) is 10.1 Å². The smallest absolute Gasteiger partial charge is 0.0346 e. The molecule has 0 unspecified atom stereocenters. The van der Waals surface area contributed by atoms with Crippen LogP contribution in [0.2, 0.25) is 0 Å². The van der Waals surface area contributed by atoms with Gasteiger partial charge in [0.25, 0.3) is 0 Å². The molecule has 0 bridgehead atoms. The van der Waals surface area contributed by atoms with E-state index in [4.69, 9.17) is 0 Å². The SMILES string of the molecule is CCNCC1CCN(Cc2csc3ccccc23)CC1. The molecular weight excluding hydrogens is 264 g/mol. The molecular formula is C17H24N2S. The fourth-order valence-electron chi connectivity index (χ4n) is 3.09. The van der Waals surface area contributed by atoms with Crippen LogP contribution < -0.4 is 5.32 Å². The summed E-state index contributed by atoms with van der Waals surface area (Å²) >= 11 is 1.88. The van der Waals surface area contributed by atoms with Gasteiger partial charge in [0.2, 0.25) is 0 Å². The van der Waals surface area contributed by atoms with E-state index in [1.54, 1.807) is 0 Å². The average Bonchev–Trinajstić information content (AvgIpc) is 2.90. The second-order valence-corrected chi connectivity index (χ2v) is 6.70. The number of hydrogen-bond acceptors (Lipinski definition) is 3. The lowest BCUT2D eigenvalue weighted by atomic mass is 9.96. The van der Waals surface area contributed by atoms with Crippen LogP contribution in [0.5, 0.6) is 0 Å². The molecule has 1 aromatic carbocycles. The standard InChI is InChI=1S/C17H24N2S/c1-2-18-11-14-7-9-19(10-8-14)12-15-13-20-17-6-4-3-5-16(15)17/h3-6,13-14,18H,2,7-12H2,1H3. The molecule has 1 fully saturated rings. The highest BCUT2D eigenvalue weighted by atomic mass is 32.1. The zero-order chi connectivity index (χ0) is 13.8. The minimum Gasteiger partial charge on any atom is -0.317 e. The Balaban J connectivity index is 1.57. The van der Waals surface area contributed by atoms with Crippen molar-refractivity contribution in [1.29, 1.82) is 0 Å². The first-order valence-electron chi connectivity index (χ1n) is 7.75. The zero-order valence-corrected chi connectivity index (χ0v) is 13.1. The first-order chi connectivity index (χ1) is 9.86. The molecule has 20 heavy (non-hydrogen) atoms. The lowest BCUT2D eigenvalue weighted by molar-refractivity contribution is 0.176. The highest BCUT2D eigenvalue weighted by Gasteiger charge is 2.19. The van der Waals surface area contributed by atoms with E-state index in [0.717, 1.165) is 19.0 Å². The van der Waals surface area contributed by atoms with Gasteiger partial charge in [0, 0.05) is 11.2 Å². The Hall–Kier alpha value is -0.900. The first kappa shape index (κ1) is 14.1. The number of benzene rings is 1. The molecule has 0 saturated carbocycles. The van der Waals surface area contributed by atoms with Gasteiger partial charge in [-0.25, -0.2) is 0 Å². The molecule has 0 atom stereocenters. The summed E-state index contributed by atoms with van der Waals surface area (Å²) in [6.07, 6.45) is 2.68. The number of piperidine rings is 1. The molecule has 1 aromatic heterocycles. The predicted octanol–water partition coefficient (Wildman–Crippen LogP) is 3.72. The van der Waals surface area contributed by atoms with Crippen molar-refractivity contribution >= 4 is 21.4 Å². The Bertz CT molecular complexity index is 541. The molecule has 0 spiro atoms. The molecule has 1 aliphatic heterocycles. The van der Waals surface area contributed by atoms with Crippen molar-refractivity contribution in [1.82, 2.24) is 10.2 Å². The topological polar surface area (TPSA) is 15.3 Å². The predicted molar refractivity (Wildman–Crippen MR) is 88.4 cm³/mol. The van der Waals surface area contributed by atoms with E-state index in [2.05, 4.69) is 46.8 Å². The molecule has 2 nitrogen and oxygen atoms in total. The Morgan fingerprint density at radius 3 is 2.85 bits per heavy atom. The van der Waals surface area contributed by atoms with Crippen LogP contribution in [0, 0.1) is 5.92 Å². The molecule has 0 radical (unpaired) electrons. The van der Waals surface area contributed by atoms with Crippen LogP contribution in [0.15, 0.2) is 29.6 Å². The van der Waals surface area contributed by atoms with E-state index in [9.17, 15) is 0 Å². The fourth-order valence-corrected chi connectivity index (χ4v) is 4.05. The highest BCUT2D eigenvalue weighted by Crippen LogP contribution is 2.28. The van der Waals surface area contributed by atoms with Crippen molar-refractivity contribution in [3.05, 3.63) is 35.2 Å². The van der Waals surface area contributed by atoms with Crippen LogP contribution >= 0.6 is 11.3 Å². The number of thiophene rings is 1. The van der Waals surface area contributed by atoms with Crippen LogP contribution in [0.4, 0.5) is 0 Å². The van der Waals surface area contributed by atoms with Gasteiger partial charge in [0.15, 0.2) is 0 Å². The Kier molecular flexibility index (Phi) is 4.71. The van der Waals surface area contributed by atoms with Gasteiger partial charge in [-0.15, -0.1) is 11.3 Å². The van der Waals surface area contributed by atoms with E-state index in [1.165, 1.54) is 48.1 Å². The second kappa shape index (κ2) is 6.70. The third kappa shape index (κ3) is 3.22. The maximum atomic E-state index is 3.49. The van der Waals surface area contributed by atoms with Gasteiger partial charge < -0.3 is 5.32 Å². The lowest BCUT2D eigenvalue weighted by Gasteiger charge is -2.32. The van der Waals surface area contributed by atoms with Gasteiger partial charge in [-0.05, 0) is 67.3 Å². The molecule has 0 aliphatic carbocycles. The van der Waals surface area contributed by atoms with Crippen molar-refractivity contribution < 1.29 is 0 Å². The maximum Gasteiger partial charge on any atom is 0.0346 e. The van der Waals surface area contributed by atoms with Crippen LogP contribution in [-0.4, -0.2) is 31.1 Å². The largest absolute Gasteiger partial charge is 0.317 e. The fraction of sp³-hybridized carbons (Fsp3) is 0.529. The van der Waals surface area contributed by atoms with E-state index >= 15 is 0 Å². The number of fused-ring (bicyclic) bond motifs is 1. The molecule has 108 valence electrons. The molecule has 1 aliphatic rings. The zero-order valence-electron chi connectivity index (χ0n) is 12.3. The van der Waals surface area contributed by atoms with Crippen molar-refractivity contribution in [2.45, 2.75) is 26.3 Å². The molecule has 3 heteroatoms. The second-order valence-electron chi connectivity index (χ2n) is 5.78. The van der Waals surface area contributed by atoms with Crippen molar-refractivity contribution in [3.8, 4) is 0 Å². The first-order valence-corrected chi connectivity index (χ1v) is 8.63. The third-order valence-corrected chi connectivity index (χ3v) is 5.36. The Morgan fingerprint density at radius 2 is 2.05 bits per heavy atom. The summed E-state index contributed by atoms with van der Waals surface area (Å²) in [7, 11) is 0. The normalized spacial score (nSPS) is 17.9. The van der Waals surface area contributed by atoms with Gasteiger partial charge in [-0.2, -0.15) is 0 Å². The van der Waals surface area contributed by atoms with Crippen LogP contribution in [-0.2, 0) is 6.54 Å². The Morgan fingerprint density at radius 1 is 1.25 bits per heavy atom. The van der Waals surface area contributed by atoms with Crippen molar-refractivity contribution in [2.75, 3.05) is 26.2 Å². The summed E-state index contributed by atoms with van der Waals surface area (Å²) in [6, 6.07) is 8.78. The van der Waals surface area contributed by atoms with Crippen molar-refractivity contribution in [3.63, 3.8) is 0 Å². The molecule has 1 saturated heterocycles. The van der Waals surface area contributed by atoms with Gasteiger partial charge in [-0.1, -0.05) is 25.1 Å². The summed E-state index contributed by atoms with van der Waals surface area (Å²) in [5, 5.41) is 7.28. The molecule has 0 amide bonds. The van der Waals surface area contributed by atoms with Gasteiger partial charge in [0.1, 0.15) is 0 Å².